The molecule has 0 aromatic heterocycles. The lowest BCUT2D eigenvalue weighted by Crippen LogP contribution is -2.43. The summed E-state index contributed by atoms with van der Waals surface area (Å²) >= 11 is 0. The summed E-state index contributed by atoms with van der Waals surface area (Å²) in [5, 5.41) is 0. The first-order chi connectivity index (χ1) is 6.79. The van der Waals surface area contributed by atoms with Gasteiger partial charge in [0.2, 0.25) is 0 Å². The number of rotatable bonds is 6. The summed E-state index contributed by atoms with van der Waals surface area (Å²) < 4.78 is 5.07. The van der Waals surface area contributed by atoms with Crippen molar-refractivity contribution in [2.24, 2.45) is 5.92 Å². The number of esters is 1. The molecule has 2 heteroatoms. The number of allylic oxidation sites excluding steroid dienone is 2. The molecule has 0 spiro atoms. The Morgan fingerprint density at radius 2 is 2.29 bits per heavy atom. The summed E-state index contributed by atoms with van der Waals surface area (Å²) in [6.07, 6.45) is 10.1. The van der Waals surface area contributed by atoms with Gasteiger partial charge in [0, 0.05) is 0 Å². The molecule has 0 radical (unpaired) electrons. The maximum Gasteiger partial charge on any atom is 0.316 e. The zero-order chi connectivity index (χ0) is 10.4. The fourth-order valence-corrected chi connectivity index (χ4v) is 1.62. The lowest BCUT2D eigenvalue weighted by atomic mass is 9.92. The minimum Gasteiger partial charge on any atom is -0.461 e. The monoisotopic (exact) mass is 194 g/mol. The van der Waals surface area contributed by atoms with Crippen molar-refractivity contribution in [2.45, 2.75) is 38.7 Å². The molecule has 0 aromatic rings. The molecule has 0 bridgehead atoms. The van der Waals surface area contributed by atoms with E-state index in [-0.39, 0.29) is 18.0 Å². The second-order valence-corrected chi connectivity index (χ2v) is 3.62. The normalized spacial score (nSPS) is 25.9. The molecule has 1 aliphatic heterocycles. The maximum absolute atomic E-state index is 11.1. The molecule has 0 amide bonds. The van der Waals surface area contributed by atoms with Crippen LogP contribution in [0, 0.1) is 5.92 Å². The molecule has 14 heavy (non-hydrogen) atoms. The molecular formula is C12H18O2. The number of carbonyl (C=O) groups is 1. The van der Waals surface area contributed by atoms with Crippen LogP contribution in [0.4, 0.5) is 0 Å². The first kappa shape index (κ1) is 11.0. The van der Waals surface area contributed by atoms with Crippen molar-refractivity contribution in [1.29, 1.82) is 0 Å². The Morgan fingerprint density at radius 3 is 2.86 bits per heavy atom. The van der Waals surface area contributed by atoms with Crippen LogP contribution in [0.15, 0.2) is 24.8 Å². The largest absolute Gasteiger partial charge is 0.461 e. The zero-order valence-electron chi connectivity index (χ0n) is 8.74. The Morgan fingerprint density at radius 1 is 1.50 bits per heavy atom. The van der Waals surface area contributed by atoms with E-state index in [1.54, 1.807) is 6.08 Å². The molecule has 0 aliphatic carbocycles. The standard InChI is InChI=1S/C12H18O2/c1-3-5-7-9-11-10(8-6-4-2)12(13)14-11/h4,6,8,10-11H,2-3,5,7,9H2,1H3/b8-6+. The van der Waals surface area contributed by atoms with Gasteiger partial charge in [-0.05, 0) is 12.8 Å². The van der Waals surface area contributed by atoms with E-state index in [0.29, 0.717) is 0 Å². The Hall–Kier alpha value is -1.05. The van der Waals surface area contributed by atoms with Gasteiger partial charge >= 0.3 is 5.97 Å². The molecule has 1 aliphatic rings. The van der Waals surface area contributed by atoms with Gasteiger partial charge in [-0.25, -0.2) is 0 Å². The van der Waals surface area contributed by atoms with Crippen molar-refractivity contribution in [2.75, 3.05) is 0 Å². The van der Waals surface area contributed by atoms with E-state index >= 15 is 0 Å². The van der Waals surface area contributed by atoms with Gasteiger partial charge in [0.25, 0.3) is 0 Å². The van der Waals surface area contributed by atoms with E-state index < -0.39 is 0 Å². The molecule has 0 aromatic carbocycles. The third-order valence-corrected chi connectivity index (χ3v) is 2.49. The highest BCUT2D eigenvalue weighted by Crippen LogP contribution is 2.28. The molecule has 1 fully saturated rings. The van der Waals surface area contributed by atoms with E-state index in [1.165, 1.54) is 12.8 Å². The van der Waals surface area contributed by atoms with Crippen molar-refractivity contribution in [1.82, 2.24) is 0 Å². The van der Waals surface area contributed by atoms with Crippen LogP contribution in [0.5, 0.6) is 0 Å². The number of unbranched alkanes of at least 4 members (excludes halogenated alkanes) is 2. The minimum atomic E-state index is -0.0930. The molecule has 2 nitrogen and oxygen atoms in total. The lowest BCUT2D eigenvalue weighted by Gasteiger charge is -2.33. The van der Waals surface area contributed by atoms with E-state index in [1.807, 2.05) is 12.2 Å². The molecule has 2 atom stereocenters. The SMILES string of the molecule is C=C/C=C/C1C(=O)OC1CCCCC. The summed E-state index contributed by atoms with van der Waals surface area (Å²) in [5.74, 6) is -0.116. The van der Waals surface area contributed by atoms with E-state index in [4.69, 9.17) is 4.74 Å². The van der Waals surface area contributed by atoms with Crippen LogP contribution in [0.3, 0.4) is 0 Å². The van der Waals surface area contributed by atoms with Crippen molar-refractivity contribution in [3.63, 3.8) is 0 Å². The van der Waals surface area contributed by atoms with Crippen LogP contribution in [0.1, 0.15) is 32.6 Å². The summed E-state index contributed by atoms with van der Waals surface area (Å²) in [7, 11) is 0. The number of carbonyl (C=O) groups excluding carboxylic acids is 1. The van der Waals surface area contributed by atoms with Gasteiger partial charge < -0.3 is 4.74 Å². The average Bonchev–Trinajstić information content (AvgIpc) is 2.17. The van der Waals surface area contributed by atoms with Crippen LogP contribution in [0.25, 0.3) is 0 Å². The van der Waals surface area contributed by atoms with Gasteiger partial charge in [-0.1, -0.05) is 44.6 Å². The summed E-state index contributed by atoms with van der Waals surface area (Å²) in [6, 6.07) is 0. The van der Waals surface area contributed by atoms with Crippen LogP contribution in [-0.4, -0.2) is 12.1 Å². The van der Waals surface area contributed by atoms with Gasteiger partial charge in [0.05, 0.1) is 0 Å². The second kappa shape index (κ2) is 5.63. The second-order valence-electron chi connectivity index (χ2n) is 3.62. The Labute approximate surface area is 85.6 Å². The smallest absolute Gasteiger partial charge is 0.316 e. The number of cyclic esters (lactones) is 1. The van der Waals surface area contributed by atoms with Crippen LogP contribution in [0.2, 0.25) is 0 Å². The molecule has 2 unspecified atom stereocenters. The van der Waals surface area contributed by atoms with Gasteiger partial charge in [0.1, 0.15) is 12.0 Å². The van der Waals surface area contributed by atoms with Crippen molar-refractivity contribution in [3.8, 4) is 0 Å². The Balaban J connectivity index is 2.29. The average molecular weight is 194 g/mol. The maximum atomic E-state index is 11.1. The first-order valence-corrected chi connectivity index (χ1v) is 5.29. The number of hydrogen-bond donors (Lipinski definition) is 0. The predicted octanol–water partition coefficient (Wildman–Crippen LogP) is 2.85. The van der Waals surface area contributed by atoms with E-state index in [9.17, 15) is 4.79 Å². The fourth-order valence-electron chi connectivity index (χ4n) is 1.62. The third kappa shape index (κ3) is 2.72. The molecule has 1 rings (SSSR count). The molecule has 1 saturated heterocycles. The molecule has 78 valence electrons. The Bertz CT molecular complexity index is 230. The van der Waals surface area contributed by atoms with E-state index in [0.717, 1.165) is 12.8 Å². The highest BCUT2D eigenvalue weighted by atomic mass is 16.6. The highest BCUT2D eigenvalue weighted by Gasteiger charge is 2.39. The summed E-state index contributed by atoms with van der Waals surface area (Å²) in [6.45, 7) is 5.75. The highest BCUT2D eigenvalue weighted by molar-refractivity contribution is 5.80. The molecule has 1 heterocycles. The Kier molecular flexibility index (Phi) is 4.44. The van der Waals surface area contributed by atoms with Crippen molar-refractivity contribution >= 4 is 5.97 Å². The van der Waals surface area contributed by atoms with Gasteiger partial charge in [0.15, 0.2) is 0 Å². The van der Waals surface area contributed by atoms with Gasteiger partial charge in [-0.15, -0.1) is 0 Å². The number of ether oxygens (including phenoxy) is 1. The molecule has 0 saturated carbocycles. The summed E-state index contributed by atoms with van der Waals surface area (Å²) in [5.41, 5.74) is 0. The molecule has 0 N–H and O–H groups in total. The van der Waals surface area contributed by atoms with Crippen molar-refractivity contribution in [3.05, 3.63) is 24.8 Å². The van der Waals surface area contributed by atoms with Crippen molar-refractivity contribution < 1.29 is 9.53 Å². The van der Waals surface area contributed by atoms with Crippen LogP contribution >= 0.6 is 0 Å². The van der Waals surface area contributed by atoms with E-state index in [2.05, 4.69) is 13.5 Å². The predicted molar refractivity (Wildman–Crippen MR) is 56.8 cm³/mol. The third-order valence-electron chi connectivity index (χ3n) is 2.49. The van der Waals surface area contributed by atoms with Gasteiger partial charge in [-0.3, -0.25) is 4.79 Å². The topological polar surface area (TPSA) is 26.3 Å². The quantitative estimate of drug-likeness (QED) is 0.369. The zero-order valence-corrected chi connectivity index (χ0v) is 8.74. The summed E-state index contributed by atoms with van der Waals surface area (Å²) in [4.78, 5) is 11.1. The lowest BCUT2D eigenvalue weighted by molar-refractivity contribution is -0.179. The van der Waals surface area contributed by atoms with Gasteiger partial charge in [-0.2, -0.15) is 0 Å². The van der Waals surface area contributed by atoms with Crippen LogP contribution < -0.4 is 0 Å². The fraction of sp³-hybridized carbons (Fsp3) is 0.583. The number of hydrogen-bond acceptors (Lipinski definition) is 2. The first-order valence-electron chi connectivity index (χ1n) is 5.29. The minimum absolute atomic E-state index is 0.0233. The van der Waals surface area contributed by atoms with Crippen LogP contribution in [-0.2, 0) is 9.53 Å². The molecular weight excluding hydrogens is 176 g/mol.